The Morgan fingerprint density at radius 3 is 2.75 bits per heavy atom. The zero-order valence-corrected chi connectivity index (χ0v) is 13.5. The van der Waals surface area contributed by atoms with E-state index in [1.807, 2.05) is 18.2 Å². The van der Waals surface area contributed by atoms with Gasteiger partial charge in [-0.3, -0.25) is 0 Å². The number of hydrogen-bond donors (Lipinski definition) is 0. The first-order valence-electron chi connectivity index (χ1n) is 7.23. The van der Waals surface area contributed by atoms with E-state index in [4.69, 9.17) is 9.15 Å². The maximum Gasteiger partial charge on any atom is 0.247 e. The van der Waals surface area contributed by atoms with Crippen molar-refractivity contribution >= 4 is 21.6 Å². The molecule has 0 N–H and O–H groups in total. The van der Waals surface area contributed by atoms with Crippen LogP contribution in [0.25, 0.3) is 21.7 Å². The number of rotatable bonds is 4. The van der Waals surface area contributed by atoms with Crippen molar-refractivity contribution in [1.29, 1.82) is 0 Å². The molecule has 0 fully saturated rings. The monoisotopic (exact) mass is 341 g/mol. The van der Waals surface area contributed by atoms with Crippen LogP contribution in [0, 0.1) is 5.82 Å². The predicted octanol–water partition coefficient (Wildman–Crippen LogP) is 4.08. The highest BCUT2D eigenvalue weighted by molar-refractivity contribution is 7.18. The molecule has 0 spiro atoms. The molecule has 0 saturated heterocycles. The first kappa shape index (κ1) is 14.8. The minimum Gasteiger partial charge on any atom is -0.494 e. The number of ether oxygens (including phenoxy) is 1. The van der Waals surface area contributed by atoms with E-state index in [1.54, 1.807) is 30.6 Å². The topological polar surface area (TPSA) is 61.0 Å². The van der Waals surface area contributed by atoms with Gasteiger partial charge in [-0.05, 0) is 36.4 Å². The fourth-order valence-corrected chi connectivity index (χ4v) is 3.35. The summed E-state index contributed by atoms with van der Waals surface area (Å²) in [6, 6.07) is 11.7. The quantitative estimate of drug-likeness (QED) is 0.559. The molecule has 4 rings (SSSR count). The number of para-hydroxylation sites is 1. The van der Waals surface area contributed by atoms with Crippen LogP contribution in [0.5, 0.6) is 5.75 Å². The summed E-state index contributed by atoms with van der Waals surface area (Å²) >= 11 is 1.56. The van der Waals surface area contributed by atoms with Crippen LogP contribution in [0.2, 0.25) is 0 Å². The third kappa shape index (κ3) is 2.74. The van der Waals surface area contributed by atoms with Crippen molar-refractivity contribution in [3.05, 3.63) is 59.2 Å². The van der Waals surface area contributed by atoms with Gasteiger partial charge in [0.25, 0.3) is 0 Å². The molecule has 0 unspecified atom stereocenters. The second kappa shape index (κ2) is 6.01. The molecule has 5 nitrogen and oxygen atoms in total. The van der Waals surface area contributed by atoms with E-state index in [9.17, 15) is 4.39 Å². The van der Waals surface area contributed by atoms with Gasteiger partial charge in [0.2, 0.25) is 11.8 Å². The Hall–Kier alpha value is -2.80. The molecule has 0 aliphatic rings. The summed E-state index contributed by atoms with van der Waals surface area (Å²) in [5.41, 5.74) is 1.51. The minimum absolute atomic E-state index is 0.304. The van der Waals surface area contributed by atoms with Crippen LogP contribution in [0.1, 0.15) is 10.9 Å². The van der Waals surface area contributed by atoms with Crippen molar-refractivity contribution in [3.63, 3.8) is 0 Å². The lowest BCUT2D eigenvalue weighted by molar-refractivity contribution is 0.419. The van der Waals surface area contributed by atoms with E-state index in [0.29, 0.717) is 23.8 Å². The van der Waals surface area contributed by atoms with Crippen LogP contribution in [0.3, 0.4) is 0 Å². The van der Waals surface area contributed by atoms with Crippen molar-refractivity contribution in [3.8, 4) is 17.2 Å². The molecule has 0 aliphatic heterocycles. The molecular weight excluding hydrogens is 329 g/mol. The molecule has 24 heavy (non-hydrogen) atoms. The molecule has 0 saturated carbocycles. The lowest BCUT2D eigenvalue weighted by Gasteiger charge is -1.97. The average Bonchev–Trinajstić information content (AvgIpc) is 3.22. The number of nitrogens with zero attached hydrogens (tertiary/aromatic N) is 3. The summed E-state index contributed by atoms with van der Waals surface area (Å²) in [4.78, 5) is 4.59. The Morgan fingerprint density at radius 1 is 1.12 bits per heavy atom. The normalized spacial score (nSPS) is 11.1. The number of halogens is 1. The van der Waals surface area contributed by atoms with Crippen molar-refractivity contribution in [2.45, 2.75) is 6.42 Å². The molecule has 4 aromatic rings. The van der Waals surface area contributed by atoms with Crippen LogP contribution < -0.4 is 4.74 Å². The maximum atomic E-state index is 13.0. The van der Waals surface area contributed by atoms with Gasteiger partial charge in [-0.1, -0.05) is 6.07 Å². The standard InChI is InChI=1S/C17H12FN3O2S/c1-22-12-3-2-4-13-16(12)19-15(24-13)9-14-20-21-17(23-14)10-5-7-11(18)8-6-10/h2-8H,9H2,1H3. The Balaban J connectivity index is 1.61. The van der Waals surface area contributed by atoms with E-state index in [0.717, 1.165) is 21.0 Å². The summed E-state index contributed by atoms with van der Waals surface area (Å²) in [5.74, 6) is 1.27. The largest absolute Gasteiger partial charge is 0.494 e. The molecule has 0 amide bonds. The van der Waals surface area contributed by atoms with Crippen LogP contribution in [-0.4, -0.2) is 22.3 Å². The Morgan fingerprint density at radius 2 is 1.96 bits per heavy atom. The van der Waals surface area contributed by atoms with Gasteiger partial charge in [0.1, 0.15) is 22.1 Å². The second-order valence-electron chi connectivity index (χ2n) is 5.10. The highest BCUT2D eigenvalue weighted by Crippen LogP contribution is 2.30. The Labute approximate surface area is 140 Å². The third-order valence-corrected chi connectivity index (χ3v) is 4.53. The number of thiazole rings is 1. The molecule has 0 radical (unpaired) electrons. The smallest absolute Gasteiger partial charge is 0.247 e. The first-order valence-corrected chi connectivity index (χ1v) is 8.05. The van der Waals surface area contributed by atoms with Crippen molar-refractivity contribution in [2.75, 3.05) is 7.11 Å². The second-order valence-corrected chi connectivity index (χ2v) is 6.21. The van der Waals surface area contributed by atoms with Crippen LogP contribution in [0.15, 0.2) is 46.9 Å². The van der Waals surface area contributed by atoms with Crippen molar-refractivity contribution < 1.29 is 13.5 Å². The predicted molar refractivity (Wildman–Crippen MR) is 88.7 cm³/mol. The van der Waals surface area contributed by atoms with Gasteiger partial charge in [-0.15, -0.1) is 21.5 Å². The fourth-order valence-electron chi connectivity index (χ4n) is 2.37. The van der Waals surface area contributed by atoms with Crippen molar-refractivity contribution in [1.82, 2.24) is 15.2 Å². The molecular formula is C17H12FN3O2S. The summed E-state index contributed by atoms with van der Waals surface area (Å²) in [6.07, 6.45) is 0.441. The van der Waals surface area contributed by atoms with Gasteiger partial charge in [0, 0.05) is 5.56 Å². The van der Waals surface area contributed by atoms with Gasteiger partial charge in [-0.25, -0.2) is 9.37 Å². The van der Waals surface area contributed by atoms with Gasteiger partial charge in [-0.2, -0.15) is 0 Å². The van der Waals surface area contributed by atoms with Gasteiger partial charge < -0.3 is 9.15 Å². The number of methoxy groups -OCH3 is 1. The number of aromatic nitrogens is 3. The maximum absolute atomic E-state index is 13.0. The zero-order valence-electron chi connectivity index (χ0n) is 12.7. The van der Waals surface area contributed by atoms with Gasteiger partial charge in [0.05, 0.1) is 18.2 Å². The molecule has 2 aromatic carbocycles. The highest BCUT2D eigenvalue weighted by Gasteiger charge is 2.13. The average molecular weight is 341 g/mol. The molecule has 2 heterocycles. The SMILES string of the molecule is COc1cccc2sc(Cc3nnc(-c4ccc(F)cc4)o3)nc12. The molecule has 0 aliphatic carbocycles. The lowest BCUT2D eigenvalue weighted by atomic mass is 10.2. The number of fused-ring (bicyclic) bond motifs is 1. The van der Waals surface area contributed by atoms with Gasteiger partial charge in [0.15, 0.2) is 0 Å². The molecule has 0 bridgehead atoms. The Bertz CT molecular complexity index is 995. The van der Waals surface area contributed by atoms with E-state index in [1.165, 1.54) is 12.1 Å². The lowest BCUT2D eigenvalue weighted by Crippen LogP contribution is -1.88. The highest BCUT2D eigenvalue weighted by atomic mass is 32.1. The summed E-state index contributed by atoms with van der Waals surface area (Å²) in [7, 11) is 1.63. The fraction of sp³-hybridized carbons (Fsp3) is 0.118. The number of hydrogen-bond acceptors (Lipinski definition) is 6. The Kier molecular flexibility index (Phi) is 3.70. The summed E-state index contributed by atoms with van der Waals surface area (Å²) in [6.45, 7) is 0. The molecule has 120 valence electrons. The first-order chi connectivity index (χ1) is 11.7. The van der Waals surface area contributed by atoms with E-state index >= 15 is 0 Å². The van der Waals surface area contributed by atoms with Crippen LogP contribution in [0.4, 0.5) is 4.39 Å². The van der Waals surface area contributed by atoms with Crippen LogP contribution >= 0.6 is 11.3 Å². The van der Waals surface area contributed by atoms with Crippen molar-refractivity contribution in [2.24, 2.45) is 0 Å². The molecule has 0 atom stereocenters. The number of benzene rings is 2. The van der Waals surface area contributed by atoms with E-state index in [-0.39, 0.29) is 5.82 Å². The third-order valence-electron chi connectivity index (χ3n) is 3.51. The minimum atomic E-state index is -0.304. The zero-order chi connectivity index (χ0) is 16.5. The van der Waals surface area contributed by atoms with Crippen LogP contribution in [-0.2, 0) is 6.42 Å². The summed E-state index contributed by atoms with van der Waals surface area (Å²) < 4.78 is 25.0. The van der Waals surface area contributed by atoms with E-state index in [2.05, 4.69) is 15.2 Å². The van der Waals surface area contributed by atoms with Gasteiger partial charge >= 0.3 is 0 Å². The van der Waals surface area contributed by atoms with E-state index < -0.39 is 0 Å². The summed E-state index contributed by atoms with van der Waals surface area (Å²) in [5, 5.41) is 8.93. The molecule has 2 aromatic heterocycles. The molecule has 7 heteroatoms.